The Morgan fingerprint density at radius 2 is 1.90 bits per heavy atom. The van der Waals surface area contributed by atoms with Gasteiger partial charge in [-0.1, -0.05) is 12.1 Å². The molecule has 2 fully saturated rings. The fourth-order valence-electron chi connectivity index (χ4n) is 4.59. The summed E-state index contributed by atoms with van der Waals surface area (Å²) in [6.07, 6.45) is 0.671. The van der Waals surface area contributed by atoms with E-state index in [1.807, 2.05) is 12.1 Å². The van der Waals surface area contributed by atoms with Crippen LogP contribution in [0.15, 0.2) is 35.0 Å². The molecule has 1 N–H and O–H groups in total. The molecule has 3 amide bonds. The van der Waals surface area contributed by atoms with Crippen LogP contribution in [0.4, 0.5) is 5.69 Å². The number of carbonyl (C=O) groups is 3. The molecule has 1 aromatic carbocycles. The molecule has 5 rings (SSSR count). The summed E-state index contributed by atoms with van der Waals surface area (Å²) in [5.41, 5.74) is 4.14. The lowest BCUT2D eigenvalue weighted by Gasteiger charge is -2.35. The maximum Gasteiger partial charge on any atom is 0.255 e. The van der Waals surface area contributed by atoms with E-state index < -0.39 is 6.04 Å². The van der Waals surface area contributed by atoms with Crippen LogP contribution in [0.1, 0.15) is 34.3 Å². The average molecular weight is 425 g/mol. The molecule has 1 unspecified atom stereocenters. The van der Waals surface area contributed by atoms with E-state index >= 15 is 0 Å². The van der Waals surface area contributed by atoms with Crippen molar-refractivity contribution in [2.75, 3.05) is 31.1 Å². The second-order valence-corrected chi connectivity index (χ2v) is 8.92. The first kappa shape index (κ1) is 19.3. The van der Waals surface area contributed by atoms with Gasteiger partial charge in [-0.2, -0.15) is 11.3 Å². The highest BCUT2D eigenvalue weighted by molar-refractivity contribution is 7.08. The Morgan fingerprint density at radius 1 is 1.07 bits per heavy atom. The third kappa shape index (κ3) is 3.61. The molecule has 8 heteroatoms. The van der Waals surface area contributed by atoms with Gasteiger partial charge in [0.25, 0.3) is 5.91 Å². The van der Waals surface area contributed by atoms with E-state index in [0.29, 0.717) is 18.5 Å². The summed E-state index contributed by atoms with van der Waals surface area (Å²) in [4.78, 5) is 42.9. The van der Waals surface area contributed by atoms with Crippen molar-refractivity contribution in [2.45, 2.75) is 32.0 Å². The minimum absolute atomic E-state index is 0.115. The Morgan fingerprint density at radius 3 is 2.63 bits per heavy atom. The molecule has 2 aromatic rings. The number of rotatable bonds is 4. The van der Waals surface area contributed by atoms with Crippen LogP contribution in [0.3, 0.4) is 0 Å². The molecule has 30 heavy (non-hydrogen) atoms. The van der Waals surface area contributed by atoms with E-state index in [1.165, 1.54) is 11.3 Å². The number of nitrogens with zero attached hydrogens (tertiary/aromatic N) is 3. The van der Waals surface area contributed by atoms with Crippen LogP contribution in [-0.4, -0.2) is 59.7 Å². The van der Waals surface area contributed by atoms with Crippen LogP contribution >= 0.6 is 11.3 Å². The van der Waals surface area contributed by atoms with Crippen LogP contribution < -0.4 is 10.2 Å². The number of amides is 3. The summed E-state index contributed by atoms with van der Waals surface area (Å²) in [5.74, 6) is -0.742. The number of carbonyl (C=O) groups excluding carboxylic acids is 3. The number of piperazine rings is 1. The summed E-state index contributed by atoms with van der Waals surface area (Å²) < 4.78 is 0. The average Bonchev–Trinajstić information content (AvgIpc) is 3.37. The minimum atomic E-state index is -0.559. The van der Waals surface area contributed by atoms with Crippen molar-refractivity contribution in [2.24, 2.45) is 0 Å². The number of thiophene rings is 1. The van der Waals surface area contributed by atoms with Gasteiger partial charge in [-0.25, -0.2) is 0 Å². The van der Waals surface area contributed by atoms with E-state index in [-0.39, 0.29) is 24.1 Å². The van der Waals surface area contributed by atoms with Crippen LogP contribution in [-0.2, 0) is 22.7 Å². The van der Waals surface area contributed by atoms with Gasteiger partial charge in [0.15, 0.2) is 0 Å². The first-order valence-electron chi connectivity index (χ1n) is 10.3. The van der Waals surface area contributed by atoms with Crippen LogP contribution in [0.25, 0.3) is 0 Å². The van der Waals surface area contributed by atoms with Crippen molar-refractivity contribution in [1.82, 2.24) is 15.1 Å². The Bertz CT molecular complexity index is 982. The van der Waals surface area contributed by atoms with Crippen molar-refractivity contribution in [3.63, 3.8) is 0 Å². The number of hydrogen-bond donors (Lipinski definition) is 1. The van der Waals surface area contributed by atoms with Gasteiger partial charge in [0.2, 0.25) is 11.8 Å². The predicted octanol–water partition coefficient (Wildman–Crippen LogP) is 1.83. The molecule has 1 aromatic heterocycles. The summed E-state index contributed by atoms with van der Waals surface area (Å²) in [7, 11) is 0. The number of benzene rings is 1. The van der Waals surface area contributed by atoms with Gasteiger partial charge >= 0.3 is 0 Å². The van der Waals surface area contributed by atoms with Gasteiger partial charge in [0, 0.05) is 62.3 Å². The van der Waals surface area contributed by atoms with Gasteiger partial charge in [-0.05, 0) is 35.1 Å². The van der Waals surface area contributed by atoms with Gasteiger partial charge in [-0.15, -0.1) is 0 Å². The maximum absolute atomic E-state index is 12.8. The molecule has 1 atom stereocenters. The molecule has 156 valence electrons. The van der Waals surface area contributed by atoms with Crippen molar-refractivity contribution in [3.8, 4) is 0 Å². The fourth-order valence-corrected chi connectivity index (χ4v) is 5.25. The van der Waals surface area contributed by atoms with Gasteiger partial charge in [0.05, 0.1) is 0 Å². The normalized spacial score (nSPS) is 22.4. The molecule has 0 bridgehead atoms. The third-order valence-corrected chi connectivity index (χ3v) is 6.91. The smallest absolute Gasteiger partial charge is 0.255 e. The molecule has 0 radical (unpaired) electrons. The number of hydrogen-bond acceptors (Lipinski definition) is 6. The van der Waals surface area contributed by atoms with Crippen molar-refractivity contribution in [3.05, 3.63) is 51.7 Å². The monoisotopic (exact) mass is 424 g/mol. The lowest BCUT2D eigenvalue weighted by Crippen LogP contribution is -2.52. The SMILES string of the molecule is O=C1CCC(N2Cc3cc(CN4CCN(c5ccsc5)CC4)ccc3C2=O)C(=O)N1. The summed E-state index contributed by atoms with van der Waals surface area (Å²) in [6, 6.07) is 7.63. The first-order valence-corrected chi connectivity index (χ1v) is 11.3. The molecule has 7 nitrogen and oxygen atoms in total. The highest BCUT2D eigenvalue weighted by Gasteiger charge is 2.39. The Balaban J connectivity index is 1.23. The molecule has 3 aliphatic rings. The predicted molar refractivity (Wildman–Crippen MR) is 114 cm³/mol. The molecule has 3 aliphatic heterocycles. The van der Waals surface area contributed by atoms with Crippen molar-refractivity contribution >= 4 is 34.7 Å². The zero-order valence-corrected chi connectivity index (χ0v) is 17.5. The van der Waals surface area contributed by atoms with E-state index in [9.17, 15) is 14.4 Å². The Hall–Kier alpha value is -2.71. The zero-order valence-electron chi connectivity index (χ0n) is 16.7. The summed E-state index contributed by atoms with van der Waals surface area (Å²) in [5, 5.41) is 6.66. The van der Waals surface area contributed by atoms with Gasteiger partial charge in [0.1, 0.15) is 6.04 Å². The van der Waals surface area contributed by atoms with E-state index in [4.69, 9.17) is 0 Å². The maximum atomic E-state index is 12.8. The molecule has 0 spiro atoms. The topological polar surface area (TPSA) is 73.0 Å². The lowest BCUT2D eigenvalue weighted by atomic mass is 10.0. The molecular weight excluding hydrogens is 400 g/mol. The largest absolute Gasteiger partial charge is 0.368 e. The molecule has 0 saturated carbocycles. The van der Waals surface area contributed by atoms with Crippen molar-refractivity contribution < 1.29 is 14.4 Å². The number of anilines is 1. The summed E-state index contributed by atoms with van der Waals surface area (Å²) >= 11 is 1.73. The first-order chi connectivity index (χ1) is 14.6. The highest BCUT2D eigenvalue weighted by Crippen LogP contribution is 2.29. The van der Waals surface area contributed by atoms with E-state index in [2.05, 4.69) is 38.0 Å². The second kappa shape index (κ2) is 7.85. The van der Waals surface area contributed by atoms with Gasteiger partial charge < -0.3 is 9.80 Å². The van der Waals surface area contributed by atoms with E-state index in [1.54, 1.807) is 16.2 Å². The zero-order chi connectivity index (χ0) is 20.7. The second-order valence-electron chi connectivity index (χ2n) is 8.14. The Labute approximate surface area is 179 Å². The Kier molecular flexibility index (Phi) is 5.04. The lowest BCUT2D eigenvalue weighted by molar-refractivity contribution is -0.136. The summed E-state index contributed by atoms with van der Waals surface area (Å²) in [6.45, 7) is 5.34. The number of piperidine rings is 1. The molecule has 2 saturated heterocycles. The van der Waals surface area contributed by atoms with Crippen LogP contribution in [0.5, 0.6) is 0 Å². The van der Waals surface area contributed by atoms with Gasteiger partial charge in [-0.3, -0.25) is 24.6 Å². The number of fused-ring (bicyclic) bond motifs is 1. The standard InChI is InChI=1S/C22H24N4O3S/c27-20-4-3-19(21(28)23-20)26-13-16-11-15(1-2-18(16)22(26)29)12-24-6-8-25(9-7-24)17-5-10-30-14-17/h1-2,5,10-11,14,19H,3-4,6-9,12-13H2,(H,23,27,28). The number of nitrogens with one attached hydrogen (secondary N) is 1. The van der Waals surface area contributed by atoms with Crippen molar-refractivity contribution in [1.29, 1.82) is 0 Å². The van der Waals surface area contributed by atoms with E-state index in [0.717, 1.165) is 38.3 Å². The van der Waals surface area contributed by atoms with Crippen LogP contribution in [0, 0.1) is 0 Å². The molecular formula is C22H24N4O3S. The molecule has 4 heterocycles. The third-order valence-electron chi connectivity index (χ3n) is 6.24. The fraction of sp³-hybridized carbons (Fsp3) is 0.409. The molecule has 0 aliphatic carbocycles. The van der Waals surface area contributed by atoms with Crippen LogP contribution in [0.2, 0.25) is 0 Å². The quantitative estimate of drug-likeness (QED) is 0.759. The minimum Gasteiger partial charge on any atom is -0.368 e. The highest BCUT2D eigenvalue weighted by atomic mass is 32.1. The number of imide groups is 1.